The van der Waals surface area contributed by atoms with Crippen LogP contribution < -0.4 is 10.5 Å². The predicted octanol–water partition coefficient (Wildman–Crippen LogP) is 1.24. The molecule has 86 valence electrons. The fourth-order valence-electron chi connectivity index (χ4n) is 2.44. The molecule has 1 aromatic rings. The molecule has 3 rings (SSSR count). The van der Waals surface area contributed by atoms with Gasteiger partial charge in [0.15, 0.2) is 0 Å². The molecule has 0 unspecified atom stereocenters. The molecular formula is C13H17NO2. The van der Waals surface area contributed by atoms with Crippen molar-refractivity contribution in [2.45, 2.75) is 18.3 Å². The van der Waals surface area contributed by atoms with Crippen molar-refractivity contribution in [3.8, 4) is 5.75 Å². The molecule has 1 saturated heterocycles. The number of benzene rings is 1. The summed E-state index contributed by atoms with van der Waals surface area (Å²) in [5, 5.41) is 0. The molecule has 2 N–H and O–H groups in total. The molecular weight excluding hydrogens is 202 g/mol. The number of rotatable bonds is 2. The van der Waals surface area contributed by atoms with Gasteiger partial charge in [-0.05, 0) is 30.0 Å². The third-order valence-corrected chi connectivity index (χ3v) is 3.67. The van der Waals surface area contributed by atoms with Crippen LogP contribution in [-0.4, -0.2) is 26.4 Å². The summed E-state index contributed by atoms with van der Waals surface area (Å²) in [7, 11) is 0. The normalized spacial score (nSPS) is 21.8. The summed E-state index contributed by atoms with van der Waals surface area (Å²) >= 11 is 0. The van der Waals surface area contributed by atoms with Gasteiger partial charge in [0.05, 0.1) is 25.2 Å². The van der Waals surface area contributed by atoms with Gasteiger partial charge in [-0.25, -0.2) is 0 Å². The van der Waals surface area contributed by atoms with Crippen LogP contribution in [-0.2, 0) is 16.6 Å². The number of hydrogen-bond donors (Lipinski definition) is 1. The molecule has 16 heavy (non-hydrogen) atoms. The van der Waals surface area contributed by atoms with Gasteiger partial charge >= 0.3 is 0 Å². The Morgan fingerprint density at radius 1 is 1.31 bits per heavy atom. The zero-order chi connectivity index (χ0) is 11.0. The van der Waals surface area contributed by atoms with Crippen molar-refractivity contribution in [1.29, 1.82) is 0 Å². The second-order valence-electron chi connectivity index (χ2n) is 4.75. The first-order valence-corrected chi connectivity index (χ1v) is 5.88. The Morgan fingerprint density at radius 2 is 2.19 bits per heavy atom. The van der Waals surface area contributed by atoms with E-state index in [9.17, 15) is 0 Å². The molecule has 0 atom stereocenters. The van der Waals surface area contributed by atoms with E-state index in [1.165, 1.54) is 11.1 Å². The molecule has 3 heteroatoms. The van der Waals surface area contributed by atoms with Crippen LogP contribution in [0.15, 0.2) is 18.2 Å². The monoisotopic (exact) mass is 219 g/mol. The standard InChI is InChI=1S/C13H17NO2/c14-7-13(8-15-9-13)11-3-4-12-10(6-11)2-1-5-16-12/h3-4,6H,1-2,5,7-9,14H2. The van der Waals surface area contributed by atoms with E-state index in [0.717, 1.165) is 38.4 Å². The van der Waals surface area contributed by atoms with Gasteiger partial charge in [-0.15, -0.1) is 0 Å². The fourth-order valence-corrected chi connectivity index (χ4v) is 2.44. The lowest BCUT2D eigenvalue weighted by molar-refractivity contribution is -0.0550. The van der Waals surface area contributed by atoms with Crippen LogP contribution >= 0.6 is 0 Å². The summed E-state index contributed by atoms with van der Waals surface area (Å²) in [5.74, 6) is 1.04. The predicted molar refractivity (Wildman–Crippen MR) is 61.8 cm³/mol. The van der Waals surface area contributed by atoms with E-state index in [1.807, 2.05) is 0 Å². The third kappa shape index (κ3) is 1.43. The number of aryl methyl sites for hydroxylation is 1. The zero-order valence-corrected chi connectivity index (χ0v) is 9.37. The quantitative estimate of drug-likeness (QED) is 0.814. The second kappa shape index (κ2) is 3.75. The lowest BCUT2D eigenvalue weighted by atomic mass is 9.78. The minimum absolute atomic E-state index is 0.0620. The van der Waals surface area contributed by atoms with Crippen LogP contribution in [0.5, 0.6) is 5.75 Å². The van der Waals surface area contributed by atoms with Gasteiger partial charge in [-0.1, -0.05) is 12.1 Å². The third-order valence-electron chi connectivity index (χ3n) is 3.67. The fraction of sp³-hybridized carbons (Fsp3) is 0.538. The maximum atomic E-state index is 5.87. The molecule has 0 aromatic heterocycles. The van der Waals surface area contributed by atoms with Gasteiger partial charge in [0, 0.05) is 6.54 Å². The first-order valence-electron chi connectivity index (χ1n) is 5.88. The Labute approximate surface area is 95.5 Å². The van der Waals surface area contributed by atoms with Gasteiger partial charge in [0.2, 0.25) is 0 Å². The van der Waals surface area contributed by atoms with E-state index in [-0.39, 0.29) is 5.41 Å². The highest BCUT2D eigenvalue weighted by atomic mass is 16.5. The molecule has 1 aromatic carbocycles. The first kappa shape index (κ1) is 10.1. The lowest BCUT2D eigenvalue weighted by Crippen LogP contribution is -2.52. The number of ether oxygens (including phenoxy) is 2. The highest BCUT2D eigenvalue weighted by molar-refractivity contribution is 5.42. The van der Waals surface area contributed by atoms with Crippen molar-refractivity contribution in [3.63, 3.8) is 0 Å². The topological polar surface area (TPSA) is 44.5 Å². The summed E-state index contributed by atoms with van der Waals surface area (Å²) in [6, 6.07) is 6.48. The number of hydrogen-bond acceptors (Lipinski definition) is 3. The van der Waals surface area contributed by atoms with Crippen LogP contribution in [0.4, 0.5) is 0 Å². The maximum Gasteiger partial charge on any atom is 0.122 e. The van der Waals surface area contributed by atoms with Crippen molar-refractivity contribution in [2.75, 3.05) is 26.4 Å². The number of nitrogens with two attached hydrogens (primary N) is 1. The molecule has 2 heterocycles. The van der Waals surface area contributed by atoms with Crippen molar-refractivity contribution < 1.29 is 9.47 Å². The average molecular weight is 219 g/mol. The Bertz CT molecular complexity index is 393. The SMILES string of the molecule is NCC1(c2ccc3c(c2)CCCO3)COC1. The summed E-state index contributed by atoms with van der Waals surface area (Å²) in [6.45, 7) is 3.01. The van der Waals surface area contributed by atoms with Crippen LogP contribution in [0.1, 0.15) is 17.5 Å². The van der Waals surface area contributed by atoms with Gasteiger partial charge in [-0.3, -0.25) is 0 Å². The minimum Gasteiger partial charge on any atom is -0.493 e. The van der Waals surface area contributed by atoms with Crippen LogP contribution in [0.2, 0.25) is 0 Å². The van der Waals surface area contributed by atoms with Gasteiger partial charge in [0.25, 0.3) is 0 Å². The molecule has 1 fully saturated rings. The van der Waals surface area contributed by atoms with Crippen molar-refractivity contribution in [1.82, 2.24) is 0 Å². The zero-order valence-electron chi connectivity index (χ0n) is 9.37. The molecule has 0 bridgehead atoms. The van der Waals surface area contributed by atoms with Crippen LogP contribution in [0.3, 0.4) is 0 Å². The van der Waals surface area contributed by atoms with E-state index in [2.05, 4.69) is 18.2 Å². The Balaban J connectivity index is 1.96. The van der Waals surface area contributed by atoms with Gasteiger partial charge in [0.1, 0.15) is 5.75 Å². The highest BCUT2D eigenvalue weighted by Gasteiger charge is 2.39. The Kier molecular flexibility index (Phi) is 2.37. The minimum atomic E-state index is 0.0620. The highest BCUT2D eigenvalue weighted by Crippen LogP contribution is 2.35. The van der Waals surface area contributed by atoms with Crippen LogP contribution in [0.25, 0.3) is 0 Å². The smallest absolute Gasteiger partial charge is 0.122 e. The van der Waals surface area contributed by atoms with E-state index in [1.54, 1.807) is 0 Å². The van der Waals surface area contributed by atoms with Crippen LogP contribution in [0, 0.1) is 0 Å². The summed E-state index contributed by atoms with van der Waals surface area (Å²) in [6.07, 6.45) is 2.23. The van der Waals surface area contributed by atoms with E-state index in [0.29, 0.717) is 6.54 Å². The van der Waals surface area contributed by atoms with E-state index < -0.39 is 0 Å². The van der Waals surface area contributed by atoms with E-state index in [4.69, 9.17) is 15.2 Å². The number of fused-ring (bicyclic) bond motifs is 1. The molecule has 2 aliphatic rings. The molecule has 0 aliphatic carbocycles. The summed E-state index contributed by atoms with van der Waals surface area (Å²) < 4.78 is 10.9. The molecule has 0 spiro atoms. The van der Waals surface area contributed by atoms with Crippen molar-refractivity contribution in [2.24, 2.45) is 5.73 Å². The average Bonchev–Trinajstić information content (AvgIpc) is 2.28. The molecule has 3 nitrogen and oxygen atoms in total. The Morgan fingerprint density at radius 3 is 2.88 bits per heavy atom. The summed E-state index contributed by atoms with van der Waals surface area (Å²) in [4.78, 5) is 0. The lowest BCUT2D eigenvalue weighted by Gasteiger charge is -2.41. The maximum absolute atomic E-state index is 5.87. The molecule has 0 amide bonds. The summed E-state index contributed by atoms with van der Waals surface area (Å²) in [5.41, 5.74) is 8.56. The molecule has 0 radical (unpaired) electrons. The van der Waals surface area contributed by atoms with E-state index >= 15 is 0 Å². The van der Waals surface area contributed by atoms with Gasteiger partial charge < -0.3 is 15.2 Å². The van der Waals surface area contributed by atoms with Gasteiger partial charge in [-0.2, -0.15) is 0 Å². The molecule has 2 aliphatic heterocycles. The second-order valence-corrected chi connectivity index (χ2v) is 4.75. The Hall–Kier alpha value is -1.06. The largest absolute Gasteiger partial charge is 0.493 e. The van der Waals surface area contributed by atoms with Crippen molar-refractivity contribution >= 4 is 0 Å². The first-order chi connectivity index (χ1) is 7.84. The van der Waals surface area contributed by atoms with Crippen molar-refractivity contribution in [3.05, 3.63) is 29.3 Å². The molecule has 0 saturated carbocycles.